The number of hydrogen-bond donors (Lipinski definition) is 1. The fourth-order valence-electron chi connectivity index (χ4n) is 2.22. The molecule has 2 aromatic heterocycles. The third-order valence-electron chi connectivity index (χ3n) is 3.38. The molecule has 1 N–H and O–H groups in total. The highest BCUT2D eigenvalue weighted by Gasteiger charge is 2.17. The van der Waals surface area contributed by atoms with Crippen LogP contribution in [0.3, 0.4) is 0 Å². The van der Waals surface area contributed by atoms with Crippen molar-refractivity contribution in [2.45, 2.75) is 13.8 Å². The van der Waals surface area contributed by atoms with E-state index in [1.54, 1.807) is 5.38 Å². The number of ether oxygens (including phenoxy) is 1. The maximum absolute atomic E-state index is 12.1. The van der Waals surface area contributed by atoms with Crippen molar-refractivity contribution in [1.29, 1.82) is 0 Å². The average Bonchev–Trinajstić information content (AvgIpc) is 3.19. The Bertz CT molecular complexity index is 807. The molecule has 1 amide bonds. The van der Waals surface area contributed by atoms with Crippen LogP contribution < -0.4 is 10.1 Å². The number of aryl methyl sites for hydroxylation is 2. The molecule has 3 rings (SSSR count). The summed E-state index contributed by atoms with van der Waals surface area (Å²) in [6, 6.07) is 9.47. The van der Waals surface area contributed by atoms with Crippen molar-refractivity contribution < 1.29 is 14.1 Å². The van der Waals surface area contributed by atoms with E-state index in [-0.39, 0.29) is 5.91 Å². The quantitative estimate of drug-likeness (QED) is 0.695. The molecule has 0 aliphatic rings. The van der Waals surface area contributed by atoms with Crippen LogP contribution in [0, 0.1) is 13.8 Å². The van der Waals surface area contributed by atoms with E-state index in [9.17, 15) is 4.79 Å². The normalized spacial score (nSPS) is 10.6. The predicted octanol–water partition coefficient (Wildman–Crippen LogP) is 3.22. The third kappa shape index (κ3) is 3.62. The number of aromatic nitrogens is 2. The molecule has 0 atom stereocenters. The van der Waals surface area contributed by atoms with Gasteiger partial charge in [0.1, 0.15) is 28.8 Å². The van der Waals surface area contributed by atoms with E-state index in [4.69, 9.17) is 9.26 Å². The van der Waals surface area contributed by atoms with Gasteiger partial charge in [-0.05, 0) is 26.0 Å². The molecule has 24 heavy (non-hydrogen) atoms. The summed E-state index contributed by atoms with van der Waals surface area (Å²) < 4.78 is 10.7. The maximum atomic E-state index is 12.1. The van der Waals surface area contributed by atoms with E-state index in [0.717, 1.165) is 22.0 Å². The first-order valence-corrected chi connectivity index (χ1v) is 8.38. The lowest BCUT2D eigenvalue weighted by atomic mass is 10.2. The fourth-order valence-corrected chi connectivity index (χ4v) is 3.17. The van der Waals surface area contributed by atoms with Gasteiger partial charge in [0, 0.05) is 5.38 Å². The van der Waals surface area contributed by atoms with Crippen LogP contribution in [-0.4, -0.2) is 29.2 Å². The number of benzene rings is 1. The molecule has 0 saturated heterocycles. The molecule has 2 heterocycles. The van der Waals surface area contributed by atoms with E-state index < -0.39 is 0 Å². The molecular weight excluding hydrogens is 326 g/mol. The number of amides is 1. The monoisotopic (exact) mass is 343 g/mol. The van der Waals surface area contributed by atoms with Gasteiger partial charge in [0.25, 0.3) is 5.91 Å². The molecular formula is C17H17N3O3S. The minimum absolute atomic E-state index is 0.221. The summed E-state index contributed by atoms with van der Waals surface area (Å²) in [5.74, 6) is 1.26. The third-order valence-corrected chi connectivity index (χ3v) is 4.24. The number of nitrogens with one attached hydrogen (secondary N) is 1. The van der Waals surface area contributed by atoms with Crippen LogP contribution in [0.5, 0.6) is 5.75 Å². The molecule has 0 spiro atoms. The number of thiazole rings is 1. The number of nitrogens with zero attached hydrogens (tertiary/aromatic N) is 2. The summed E-state index contributed by atoms with van der Waals surface area (Å²) in [4.78, 5) is 16.5. The molecule has 3 aromatic rings. The zero-order valence-electron chi connectivity index (χ0n) is 13.4. The van der Waals surface area contributed by atoms with E-state index >= 15 is 0 Å². The van der Waals surface area contributed by atoms with Gasteiger partial charge in [0.2, 0.25) is 0 Å². The number of rotatable bonds is 6. The number of hydrogen-bond acceptors (Lipinski definition) is 6. The fraction of sp³-hybridized carbons (Fsp3) is 0.235. The zero-order chi connectivity index (χ0) is 16.9. The molecule has 0 fully saturated rings. The first kappa shape index (κ1) is 16.2. The van der Waals surface area contributed by atoms with Gasteiger partial charge < -0.3 is 14.6 Å². The van der Waals surface area contributed by atoms with Gasteiger partial charge in [-0.3, -0.25) is 4.79 Å². The molecule has 124 valence electrons. The first-order chi connectivity index (χ1) is 11.6. The van der Waals surface area contributed by atoms with E-state index in [0.29, 0.717) is 24.6 Å². The molecule has 1 aromatic carbocycles. The van der Waals surface area contributed by atoms with Crippen LogP contribution in [0.1, 0.15) is 21.9 Å². The van der Waals surface area contributed by atoms with Crippen molar-refractivity contribution in [1.82, 2.24) is 15.5 Å². The second-order valence-corrected chi connectivity index (χ2v) is 6.01. The second kappa shape index (κ2) is 7.27. The predicted molar refractivity (Wildman–Crippen MR) is 91.4 cm³/mol. The van der Waals surface area contributed by atoms with E-state index in [2.05, 4.69) is 15.5 Å². The average molecular weight is 343 g/mol. The van der Waals surface area contributed by atoms with Gasteiger partial charge in [-0.25, -0.2) is 4.98 Å². The topological polar surface area (TPSA) is 77.2 Å². The summed E-state index contributed by atoms with van der Waals surface area (Å²) >= 11 is 1.40. The molecule has 0 aliphatic carbocycles. The van der Waals surface area contributed by atoms with Gasteiger partial charge in [-0.15, -0.1) is 11.3 Å². The molecule has 0 aliphatic heterocycles. The van der Waals surface area contributed by atoms with Gasteiger partial charge in [0.15, 0.2) is 0 Å². The Labute approximate surface area is 143 Å². The van der Waals surface area contributed by atoms with Crippen LogP contribution in [0.2, 0.25) is 0 Å². The van der Waals surface area contributed by atoms with Crippen LogP contribution in [0.15, 0.2) is 40.2 Å². The Kier molecular flexibility index (Phi) is 4.90. The minimum atomic E-state index is -0.221. The Morgan fingerprint density at radius 3 is 2.79 bits per heavy atom. The van der Waals surface area contributed by atoms with Gasteiger partial charge >= 0.3 is 0 Å². The zero-order valence-corrected chi connectivity index (χ0v) is 14.2. The summed E-state index contributed by atoms with van der Waals surface area (Å²) in [7, 11) is 0. The Balaban J connectivity index is 1.54. The first-order valence-electron chi connectivity index (χ1n) is 7.50. The Morgan fingerprint density at radius 2 is 2.08 bits per heavy atom. The molecule has 0 radical (unpaired) electrons. The van der Waals surface area contributed by atoms with Crippen LogP contribution in [0.25, 0.3) is 10.6 Å². The smallest absolute Gasteiger partial charge is 0.270 e. The van der Waals surface area contributed by atoms with Gasteiger partial charge in [0.05, 0.1) is 17.8 Å². The number of carbonyl (C=O) groups excluding carboxylic acids is 1. The molecule has 7 heteroatoms. The SMILES string of the molecule is Cc1noc(C)c1-c1nc(C(=O)NCCOc2ccccc2)cs1. The van der Waals surface area contributed by atoms with Crippen LogP contribution in [-0.2, 0) is 0 Å². The summed E-state index contributed by atoms with van der Waals surface area (Å²) in [6.07, 6.45) is 0. The van der Waals surface area contributed by atoms with E-state index in [1.165, 1.54) is 11.3 Å². The number of carbonyl (C=O) groups is 1. The highest BCUT2D eigenvalue weighted by atomic mass is 32.1. The summed E-state index contributed by atoms with van der Waals surface area (Å²) in [5.41, 5.74) is 2.01. The summed E-state index contributed by atoms with van der Waals surface area (Å²) in [5, 5.41) is 9.17. The van der Waals surface area contributed by atoms with Crippen LogP contribution >= 0.6 is 11.3 Å². The van der Waals surface area contributed by atoms with E-state index in [1.807, 2.05) is 44.2 Å². The molecule has 0 saturated carbocycles. The van der Waals surface area contributed by atoms with Crippen molar-refractivity contribution in [3.63, 3.8) is 0 Å². The maximum Gasteiger partial charge on any atom is 0.270 e. The second-order valence-electron chi connectivity index (χ2n) is 5.15. The van der Waals surface area contributed by atoms with Crippen LogP contribution in [0.4, 0.5) is 0 Å². The van der Waals surface area contributed by atoms with Gasteiger partial charge in [-0.2, -0.15) is 0 Å². The van der Waals surface area contributed by atoms with Gasteiger partial charge in [-0.1, -0.05) is 23.4 Å². The van der Waals surface area contributed by atoms with Crippen molar-refractivity contribution >= 4 is 17.2 Å². The largest absolute Gasteiger partial charge is 0.492 e. The molecule has 0 unspecified atom stereocenters. The lowest BCUT2D eigenvalue weighted by Gasteiger charge is -2.06. The standard InChI is InChI=1S/C17H17N3O3S/c1-11-15(12(2)23-20-11)17-19-14(10-24-17)16(21)18-8-9-22-13-6-4-3-5-7-13/h3-7,10H,8-9H2,1-2H3,(H,18,21). The lowest BCUT2D eigenvalue weighted by Crippen LogP contribution is -2.28. The number of para-hydroxylation sites is 1. The lowest BCUT2D eigenvalue weighted by molar-refractivity contribution is 0.0943. The minimum Gasteiger partial charge on any atom is -0.492 e. The highest BCUT2D eigenvalue weighted by Crippen LogP contribution is 2.29. The Hall–Kier alpha value is -2.67. The summed E-state index contributed by atoms with van der Waals surface area (Å²) in [6.45, 7) is 4.49. The van der Waals surface area contributed by atoms with Crippen molar-refractivity contribution in [2.24, 2.45) is 0 Å². The molecule has 0 bridgehead atoms. The van der Waals surface area contributed by atoms with Crippen molar-refractivity contribution in [2.75, 3.05) is 13.2 Å². The highest BCUT2D eigenvalue weighted by molar-refractivity contribution is 7.13. The molecule has 6 nitrogen and oxygen atoms in total. The van der Waals surface area contributed by atoms with Crippen molar-refractivity contribution in [3.05, 3.63) is 52.9 Å². The Morgan fingerprint density at radius 1 is 1.29 bits per heavy atom. The van der Waals surface area contributed by atoms with Crippen molar-refractivity contribution in [3.8, 4) is 16.3 Å².